The van der Waals surface area contributed by atoms with E-state index in [1.54, 1.807) is 0 Å². The van der Waals surface area contributed by atoms with Crippen molar-refractivity contribution in [2.24, 2.45) is 0 Å². The third-order valence-corrected chi connectivity index (χ3v) is 4.95. The number of carbonyl (C=O) groups excluding carboxylic acids is 1. The molecule has 1 aromatic rings. The minimum Gasteiger partial charge on any atom is -0.379 e. The van der Waals surface area contributed by atoms with Gasteiger partial charge < -0.3 is 14.4 Å². The van der Waals surface area contributed by atoms with Gasteiger partial charge in [0.25, 0.3) is 0 Å². The van der Waals surface area contributed by atoms with Gasteiger partial charge in [0, 0.05) is 13.2 Å². The van der Waals surface area contributed by atoms with Gasteiger partial charge in [-0.05, 0) is 43.9 Å². The Hall–Kier alpha value is -1.39. The second-order valence-corrected chi connectivity index (χ2v) is 6.68. The Morgan fingerprint density at radius 3 is 2.41 bits per heavy atom. The summed E-state index contributed by atoms with van der Waals surface area (Å²) in [7, 11) is 0. The van der Waals surface area contributed by atoms with E-state index in [9.17, 15) is 4.79 Å². The molecule has 1 spiro atoms. The van der Waals surface area contributed by atoms with Gasteiger partial charge in [-0.15, -0.1) is 0 Å². The van der Waals surface area contributed by atoms with Crippen LogP contribution in [0.1, 0.15) is 28.7 Å². The summed E-state index contributed by atoms with van der Waals surface area (Å²) in [6.45, 7) is 9.50. The van der Waals surface area contributed by atoms with E-state index >= 15 is 0 Å². The van der Waals surface area contributed by atoms with Crippen molar-refractivity contribution in [1.82, 2.24) is 4.90 Å². The van der Waals surface area contributed by atoms with E-state index in [0.717, 1.165) is 18.6 Å². The molecule has 2 heterocycles. The Bertz CT molecular complexity index is 553. The van der Waals surface area contributed by atoms with Crippen LogP contribution in [-0.2, 0) is 20.7 Å². The standard InChI is InChI=1S/C18H25NO3/c1-13-8-14(2)16(15(3)9-13)10-17(20)19-5-7-22-12-18(19)4-6-21-11-18/h8-9H,4-7,10-12H2,1-3H3. The van der Waals surface area contributed by atoms with E-state index in [1.165, 1.54) is 16.7 Å². The number of morpholine rings is 1. The van der Waals surface area contributed by atoms with Gasteiger partial charge in [0.05, 0.1) is 31.8 Å². The molecule has 3 rings (SSSR count). The van der Waals surface area contributed by atoms with E-state index in [-0.39, 0.29) is 11.4 Å². The molecule has 2 saturated heterocycles. The normalized spacial score (nSPS) is 25.0. The number of amides is 1. The van der Waals surface area contributed by atoms with Crippen LogP contribution in [0.25, 0.3) is 0 Å². The number of hydrogen-bond acceptors (Lipinski definition) is 3. The van der Waals surface area contributed by atoms with Crippen LogP contribution in [0, 0.1) is 20.8 Å². The molecule has 4 nitrogen and oxygen atoms in total. The fourth-order valence-corrected chi connectivity index (χ4v) is 3.78. The Kier molecular flexibility index (Phi) is 4.24. The summed E-state index contributed by atoms with van der Waals surface area (Å²) in [5.41, 5.74) is 4.59. The predicted octanol–water partition coefficient (Wildman–Crippen LogP) is 2.17. The molecule has 1 amide bonds. The Balaban J connectivity index is 1.82. The van der Waals surface area contributed by atoms with Crippen LogP contribution in [-0.4, -0.2) is 49.3 Å². The van der Waals surface area contributed by atoms with E-state index in [0.29, 0.717) is 32.8 Å². The smallest absolute Gasteiger partial charge is 0.227 e. The molecule has 1 aromatic carbocycles. The van der Waals surface area contributed by atoms with Crippen LogP contribution in [0.5, 0.6) is 0 Å². The first-order valence-corrected chi connectivity index (χ1v) is 8.04. The highest BCUT2D eigenvalue weighted by atomic mass is 16.5. The largest absolute Gasteiger partial charge is 0.379 e. The van der Waals surface area contributed by atoms with Crippen molar-refractivity contribution in [1.29, 1.82) is 0 Å². The molecule has 1 unspecified atom stereocenters. The van der Waals surface area contributed by atoms with Crippen molar-refractivity contribution >= 4 is 5.91 Å². The Morgan fingerprint density at radius 1 is 1.14 bits per heavy atom. The maximum atomic E-state index is 12.9. The summed E-state index contributed by atoms with van der Waals surface area (Å²) < 4.78 is 11.2. The summed E-state index contributed by atoms with van der Waals surface area (Å²) >= 11 is 0. The summed E-state index contributed by atoms with van der Waals surface area (Å²) in [6, 6.07) is 4.31. The molecule has 0 saturated carbocycles. The average molecular weight is 303 g/mol. The third-order valence-electron chi connectivity index (χ3n) is 4.95. The van der Waals surface area contributed by atoms with Crippen molar-refractivity contribution in [2.45, 2.75) is 39.2 Å². The van der Waals surface area contributed by atoms with Crippen LogP contribution < -0.4 is 0 Å². The van der Waals surface area contributed by atoms with E-state index < -0.39 is 0 Å². The van der Waals surface area contributed by atoms with Gasteiger partial charge in [-0.3, -0.25) is 4.79 Å². The summed E-state index contributed by atoms with van der Waals surface area (Å²) in [4.78, 5) is 14.9. The average Bonchev–Trinajstić information content (AvgIpc) is 2.92. The number of aryl methyl sites for hydroxylation is 3. The molecular weight excluding hydrogens is 278 g/mol. The lowest BCUT2D eigenvalue weighted by Gasteiger charge is -2.43. The maximum absolute atomic E-state index is 12.9. The summed E-state index contributed by atoms with van der Waals surface area (Å²) in [5.74, 6) is 0.198. The highest BCUT2D eigenvalue weighted by Gasteiger charge is 2.45. The highest BCUT2D eigenvalue weighted by molar-refractivity contribution is 5.80. The fourth-order valence-electron chi connectivity index (χ4n) is 3.78. The van der Waals surface area contributed by atoms with Crippen LogP contribution in [0.4, 0.5) is 0 Å². The lowest BCUT2D eigenvalue weighted by atomic mass is 9.93. The molecule has 4 heteroatoms. The number of ether oxygens (including phenoxy) is 2. The maximum Gasteiger partial charge on any atom is 0.227 e. The summed E-state index contributed by atoms with van der Waals surface area (Å²) in [5, 5.41) is 0. The van der Waals surface area contributed by atoms with Crippen molar-refractivity contribution < 1.29 is 14.3 Å². The molecule has 22 heavy (non-hydrogen) atoms. The zero-order valence-electron chi connectivity index (χ0n) is 13.8. The van der Waals surface area contributed by atoms with Gasteiger partial charge in [0.1, 0.15) is 0 Å². The molecule has 2 fully saturated rings. The molecule has 0 aliphatic carbocycles. The lowest BCUT2D eigenvalue weighted by Crippen LogP contribution is -2.60. The van der Waals surface area contributed by atoms with Gasteiger partial charge in [0.2, 0.25) is 5.91 Å². The Labute approximate surface area is 132 Å². The molecule has 0 aromatic heterocycles. The number of hydrogen-bond donors (Lipinski definition) is 0. The number of nitrogens with zero attached hydrogens (tertiary/aromatic N) is 1. The zero-order valence-corrected chi connectivity index (χ0v) is 13.8. The molecule has 120 valence electrons. The first-order chi connectivity index (χ1) is 10.5. The zero-order chi connectivity index (χ0) is 15.7. The Morgan fingerprint density at radius 2 is 1.77 bits per heavy atom. The van der Waals surface area contributed by atoms with Crippen molar-refractivity contribution in [3.8, 4) is 0 Å². The van der Waals surface area contributed by atoms with E-state index in [4.69, 9.17) is 9.47 Å². The minimum absolute atomic E-state index is 0.198. The van der Waals surface area contributed by atoms with Crippen LogP contribution in [0.2, 0.25) is 0 Å². The van der Waals surface area contributed by atoms with E-state index in [1.807, 2.05) is 4.90 Å². The third kappa shape index (κ3) is 2.77. The van der Waals surface area contributed by atoms with Crippen molar-refractivity contribution in [2.75, 3.05) is 33.0 Å². The molecule has 1 atom stereocenters. The second kappa shape index (κ2) is 6.01. The van der Waals surface area contributed by atoms with Gasteiger partial charge in [-0.1, -0.05) is 17.7 Å². The lowest BCUT2D eigenvalue weighted by molar-refractivity contribution is -0.148. The molecule has 2 aliphatic heterocycles. The van der Waals surface area contributed by atoms with Crippen LogP contribution in [0.15, 0.2) is 12.1 Å². The first-order valence-electron chi connectivity index (χ1n) is 8.04. The topological polar surface area (TPSA) is 38.8 Å². The quantitative estimate of drug-likeness (QED) is 0.840. The molecular formula is C18H25NO3. The summed E-state index contributed by atoms with van der Waals surface area (Å²) in [6.07, 6.45) is 1.35. The SMILES string of the molecule is Cc1cc(C)c(CC(=O)N2CCOCC23CCOC3)c(C)c1. The fraction of sp³-hybridized carbons (Fsp3) is 0.611. The van der Waals surface area contributed by atoms with Gasteiger partial charge in [-0.2, -0.15) is 0 Å². The van der Waals surface area contributed by atoms with Crippen LogP contribution in [0.3, 0.4) is 0 Å². The molecule has 0 N–H and O–H groups in total. The van der Waals surface area contributed by atoms with Crippen LogP contribution >= 0.6 is 0 Å². The number of rotatable bonds is 2. The number of carbonyl (C=O) groups is 1. The molecule has 2 aliphatic rings. The predicted molar refractivity (Wildman–Crippen MR) is 85.1 cm³/mol. The number of benzene rings is 1. The van der Waals surface area contributed by atoms with Gasteiger partial charge in [-0.25, -0.2) is 0 Å². The second-order valence-electron chi connectivity index (χ2n) is 6.68. The minimum atomic E-state index is -0.234. The van der Waals surface area contributed by atoms with Gasteiger partial charge in [0.15, 0.2) is 0 Å². The van der Waals surface area contributed by atoms with E-state index in [2.05, 4.69) is 32.9 Å². The first kappa shape index (κ1) is 15.5. The monoisotopic (exact) mass is 303 g/mol. The van der Waals surface area contributed by atoms with Crippen molar-refractivity contribution in [3.05, 3.63) is 34.4 Å². The molecule has 0 radical (unpaired) electrons. The van der Waals surface area contributed by atoms with Gasteiger partial charge >= 0.3 is 0 Å². The molecule has 0 bridgehead atoms. The van der Waals surface area contributed by atoms with Crippen molar-refractivity contribution in [3.63, 3.8) is 0 Å². The highest BCUT2D eigenvalue weighted by Crippen LogP contribution is 2.30.